The lowest BCUT2D eigenvalue weighted by atomic mass is 10.1. The van der Waals surface area contributed by atoms with Crippen LogP contribution in [-0.4, -0.2) is 38.9 Å². The van der Waals surface area contributed by atoms with Crippen LogP contribution in [0.4, 0.5) is 5.69 Å². The van der Waals surface area contributed by atoms with E-state index in [-0.39, 0.29) is 23.4 Å². The highest BCUT2D eigenvalue weighted by molar-refractivity contribution is 6.21. The lowest BCUT2D eigenvalue weighted by molar-refractivity contribution is 0.0651. The molecule has 0 radical (unpaired) electrons. The Hall–Kier alpha value is -3.48. The number of benzene rings is 1. The Balaban J connectivity index is 1.41. The minimum atomic E-state index is -0.223. The van der Waals surface area contributed by atoms with E-state index in [0.29, 0.717) is 35.0 Å². The molecule has 0 aliphatic carbocycles. The second-order valence-corrected chi connectivity index (χ2v) is 7.35. The largest absolute Gasteiger partial charge is 0.380 e. The maximum atomic E-state index is 12.4. The van der Waals surface area contributed by atoms with Crippen molar-refractivity contribution in [3.63, 3.8) is 0 Å². The van der Waals surface area contributed by atoms with Crippen molar-refractivity contribution >= 4 is 28.4 Å². The van der Waals surface area contributed by atoms with Crippen LogP contribution >= 0.6 is 0 Å². The first-order valence-corrected chi connectivity index (χ1v) is 9.63. The number of nitrogens with zero attached hydrogens (tertiary/aromatic N) is 3. The first-order valence-electron chi connectivity index (χ1n) is 9.63. The van der Waals surface area contributed by atoms with Crippen LogP contribution < -0.4 is 10.9 Å². The number of hydrogen-bond donors (Lipinski definition) is 1. The van der Waals surface area contributed by atoms with E-state index < -0.39 is 0 Å². The van der Waals surface area contributed by atoms with Gasteiger partial charge in [-0.2, -0.15) is 0 Å². The minimum Gasteiger partial charge on any atom is -0.380 e. The first-order chi connectivity index (χ1) is 14.0. The monoisotopic (exact) mass is 390 g/mol. The van der Waals surface area contributed by atoms with Crippen LogP contribution in [0.1, 0.15) is 40.5 Å². The number of hydrogen-bond acceptors (Lipinski definition) is 5. The number of fused-ring (bicyclic) bond motifs is 2. The van der Waals surface area contributed by atoms with E-state index in [4.69, 9.17) is 0 Å². The van der Waals surface area contributed by atoms with Crippen LogP contribution in [0.15, 0.2) is 53.6 Å². The van der Waals surface area contributed by atoms with E-state index in [2.05, 4.69) is 10.3 Å². The lowest BCUT2D eigenvalue weighted by Crippen LogP contribution is -2.31. The third-order valence-corrected chi connectivity index (χ3v) is 5.24. The third-order valence-electron chi connectivity index (χ3n) is 5.24. The van der Waals surface area contributed by atoms with E-state index in [1.165, 1.54) is 9.47 Å². The Kier molecular flexibility index (Phi) is 4.88. The Labute approximate surface area is 168 Å². The normalized spacial score (nSPS) is 14.3. The van der Waals surface area contributed by atoms with Gasteiger partial charge in [-0.3, -0.25) is 24.3 Å². The molecule has 4 rings (SSSR count). The number of pyridine rings is 2. The van der Waals surface area contributed by atoms with Gasteiger partial charge >= 0.3 is 0 Å². The number of anilines is 1. The van der Waals surface area contributed by atoms with Gasteiger partial charge in [-0.05, 0) is 44.0 Å². The Morgan fingerprint density at radius 2 is 1.72 bits per heavy atom. The number of aryl methyl sites for hydroxylation is 1. The Morgan fingerprint density at radius 3 is 2.41 bits per heavy atom. The summed E-state index contributed by atoms with van der Waals surface area (Å²) in [6.45, 7) is 2.41. The summed E-state index contributed by atoms with van der Waals surface area (Å²) in [5.41, 5.74) is 2.30. The minimum absolute atomic E-state index is 0.0768. The zero-order valence-electron chi connectivity index (χ0n) is 16.4. The molecule has 1 aliphatic rings. The SMILES string of the molecule is CC(CCCN1C(=O)c2ccccc2C1=O)Nc1cn(C)c(=O)c2cccnc12. The molecule has 148 valence electrons. The zero-order valence-corrected chi connectivity index (χ0v) is 16.4. The number of carbonyl (C=O) groups is 2. The van der Waals surface area contributed by atoms with Crippen LogP contribution in [0.5, 0.6) is 0 Å². The molecular weight excluding hydrogens is 368 g/mol. The molecule has 7 nitrogen and oxygen atoms in total. The predicted molar refractivity (Wildman–Crippen MR) is 111 cm³/mol. The molecule has 0 saturated heterocycles. The molecule has 29 heavy (non-hydrogen) atoms. The third kappa shape index (κ3) is 3.40. The second kappa shape index (κ2) is 7.50. The molecule has 1 aliphatic heterocycles. The molecule has 1 aromatic carbocycles. The average Bonchev–Trinajstić information content (AvgIpc) is 2.97. The van der Waals surface area contributed by atoms with E-state index in [0.717, 1.165) is 12.1 Å². The first kappa shape index (κ1) is 18.9. The fourth-order valence-corrected chi connectivity index (χ4v) is 3.74. The smallest absolute Gasteiger partial charge is 0.261 e. The van der Waals surface area contributed by atoms with Gasteiger partial charge in [0.05, 0.1) is 22.2 Å². The number of aromatic nitrogens is 2. The van der Waals surface area contributed by atoms with Crippen molar-refractivity contribution in [3.8, 4) is 0 Å². The van der Waals surface area contributed by atoms with Crippen molar-refractivity contribution in [1.82, 2.24) is 14.5 Å². The molecule has 3 aromatic rings. The Bertz CT molecular complexity index is 1130. The van der Waals surface area contributed by atoms with Crippen molar-refractivity contribution in [3.05, 3.63) is 70.3 Å². The summed E-state index contributed by atoms with van der Waals surface area (Å²) in [5, 5.41) is 3.98. The van der Waals surface area contributed by atoms with Gasteiger partial charge in [0.25, 0.3) is 17.4 Å². The molecule has 1 N–H and O–H groups in total. The molecule has 2 aromatic heterocycles. The highest BCUT2D eigenvalue weighted by atomic mass is 16.2. The maximum absolute atomic E-state index is 12.4. The topological polar surface area (TPSA) is 84.3 Å². The van der Waals surface area contributed by atoms with E-state index in [9.17, 15) is 14.4 Å². The van der Waals surface area contributed by atoms with Crippen LogP contribution in [0.2, 0.25) is 0 Å². The highest BCUT2D eigenvalue weighted by Crippen LogP contribution is 2.23. The van der Waals surface area contributed by atoms with Crippen molar-refractivity contribution in [1.29, 1.82) is 0 Å². The molecule has 3 heterocycles. The average molecular weight is 390 g/mol. The lowest BCUT2D eigenvalue weighted by Gasteiger charge is -2.19. The van der Waals surface area contributed by atoms with Gasteiger partial charge in [0, 0.05) is 32.0 Å². The standard InChI is InChI=1S/C22H22N4O3/c1-14(24-18-13-25(2)20(27)17-10-5-11-23-19(17)18)7-6-12-26-21(28)15-8-3-4-9-16(15)22(26)29/h3-5,8-11,13-14,24H,6-7,12H2,1-2H3. The molecule has 0 fully saturated rings. The summed E-state index contributed by atoms with van der Waals surface area (Å²) >= 11 is 0. The summed E-state index contributed by atoms with van der Waals surface area (Å²) in [4.78, 5) is 42.8. The molecule has 2 amide bonds. The molecule has 1 atom stereocenters. The fourth-order valence-electron chi connectivity index (χ4n) is 3.74. The quantitative estimate of drug-likeness (QED) is 0.655. The number of carbonyl (C=O) groups excluding carboxylic acids is 2. The number of rotatable bonds is 6. The van der Waals surface area contributed by atoms with Crippen molar-refractivity contribution in [2.45, 2.75) is 25.8 Å². The van der Waals surface area contributed by atoms with Gasteiger partial charge in [0.2, 0.25) is 0 Å². The van der Waals surface area contributed by atoms with Gasteiger partial charge in [-0.15, -0.1) is 0 Å². The van der Waals surface area contributed by atoms with Gasteiger partial charge < -0.3 is 9.88 Å². The van der Waals surface area contributed by atoms with Gasteiger partial charge in [-0.1, -0.05) is 12.1 Å². The Morgan fingerprint density at radius 1 is 1.03 bits per heavy atom. The summed E-state index contributed by atoms with van der Waals surface area (Å²) < 4.78 is 1.54. The van der Waals surface area contributed by atoms with E-state index in [1.54, 1.807) is 55.8 Å². The highest BCUT2D eigenvalue weighted by Gasteiger charge is 2.34. The molecular formula is C22H22N4O3. The van der Waals surface area contributed by atoms with Crippen LogP contribution in [0, 0.1) is 0 Å². The molecule has 0 bridgehead atoms. The molecule has 7 heteroatoms. The van der Waals surface area contributed by atoms with Gasteiger partial charge in [0.15, 0.2) is 0 Å². The van der Waals surface area contributed by atoms with Crippen LogP contribution in [-0.2, 0) is 7.05 Å². The van der Waals surface area contributed by atoms with Crippen molar-refractivity contribution in [2.75, 3.05) is 11.9 Å². The predicted octanol–water partition coefficient (Wildman–Crippen LogP) is 2.81. The molecule has 1 unspecified atom stereocenters. The van der Waals surface area contributed by atoms with Crippen molar-refractivity contribution in [2.24, 2.45) is 7.05 Å². The summed E-state index contributed by atoms with van der Waals surface area (Å²) in [5.74, 6) is -0.445. The number of nitrogens with one attached hydrogen (secondary N) is 1. The zero-order chi connectivity index (χ0) is 20.5. The van der Waals surface area contributed by atoms with Crippen LogP contribution in [0.25, 0.3) is 10.9 Å². The number of amides is 2. The molecule has 0 saturated carbocycles. The molecule has 0 spiro atoms. The second-order valence-electron chi connectivity index (χ2n) is 7.35. The maximum Gasteiger partial charge on any atom is 0.261 e. The van der Waals surface area contributed by atoms with Gasteiger partial charge in [-0.25, -0.2) is 0 Å². The van der Waals surface area contributed by atoms with Crippen molar-refractivity contribution < 1.29 is 9.59 Å². The van der Waals surface area contributed by atoms with E-state index >= 15 is 0 Å². The fraction of sp³-hybridized carbons (Fsp3) is 0.273. The number of imide groups is 1. The van der Waals surface area contributed by atoms with Crippen LogP contribution in [0.3, 0.4) is 0 Å². The summed E-state index contributed by atoms with van der Waals surface area (Å²) in [6.07, 6.45) is 4.85. The summed E-state index contributed by atoms with van der Waals surface area (Å²) in [6, 6.07) is 10.5. The summed E-state index contributed by atoms with van der Waals surface area (Å²) in [7, 11) is 1.72. The van der Waals surface area contributed by atoms with E-state index in [1.807, 2.05) is 6.92 Å². The van der Waals surface area contributed by atoms with Gasteiger partial charge in [0.1, 0.15) is 5.52 Å².